The highest BCUT2D eigenvalue weighted by Crippen LogP contribution is 2.39. The second-order valence-corrected chi connectivity index (χ2v) is 6.25. The summed E-state index contributed by atoms with van der Waals surface area (Å²) >= 11 is 5.85. The molecule has 26 heavy (non-hydrogen) atoms. The molecule has 1 heterocycles. The van der Waals surface area contributed by atoms with Crippen LogP contribution in [0.1, 0.15) is 17.2 Å². The van der Waals surface area contributed by atoms with E-state index >= 15 is 0 Å². The molecule has 6 nitrogen and oxygen atoms in total. The lowest BCUT2D eigenvalue weighted by Crippen LogP contribution is -2.32. The van der Waals surface area contributed by atoms with Gasteiger partial charge in [-0.1, -0.05) is 23.7 Å². The van der Waals surface area contributed by atoms with Gasteiger partial charge in [-0.2, -0.15) is 0 Å². The molecule has 0 aromatic heterocycles. The first kappa shape index (κ1) is 18.0. The maximum atomic E-state index is 12.6. The van der Waals surface area contributed by atoms with E-state index in [0.29, 0.717) is 16.1 Å². The zero-order valence-electron chi connectivity index (χ0n) is 13.6. The number of amides is 1. The summed E-state index contributed by atoms with van der Waals surface area (Å²) in [5.41, 5.74) is 0.686. The van der Waals surface area contributed by atoms with Crippen LogP contribution in [-0.2, 0) is 9.59 Å². The smallest absolute Gasteiger partial charge is 0.295 e. The standard InChI is InChI=1S/C19H16ClNO5/c20-13-6-4-11(5-7-13)17(24)15-16(12-2-1-3-14(23)10-12)21(8-9-22)19(26)18(15)25/h1-7,10,16,22-24H,8-9H2/b17-15+/t16-/m0/s1. The van der Waals surface area contributed by atoms with E-state index in [4.69, 9.17) is 11.6 Å². The van der Waals surface area contributed by atoms with Crippen molar-refractivity contribution in [3.05, 3.63) is 70.3 Å². The monoisotopic (exact) mass is 373 g/mol. The Balaban J connectivity index is 2.19. The van der Waals surface area contributed by atoms with Crippen molar-refractivity contribution in [1.82, 2.24) is 4.90 Å². The number of rotatable bonds is 4. The van der Waals surface area contributed by atoms with Crippen LogP contribution in [-0.4, -0.2) is 45.1 Å². The van der Waals surface area contributed by atoms with Crippen LogP contribution in [0, 0.1) is 0 Å². The third kappa shape index (κ3) is 3.16. The highest BCUT2D eigenvalue weighted by atomic mass is 35.5. The molecule has 0 radical (unpaired) electrons. The topological polar surface area (TPSA) is 98.1 Å². The number of β-amino-alcohol motifs (C(OH)–C–C–N with tert-alkyl or cyclic N) is 1. The fourth-order valence-corrected chi connectivity index (χ4v) is 3.15. The molecule has 2 aromatic rings. The van der Waals surface area contributed by atoms with Gasteiger partial charge in [0.05, 0.1) is 18.2 Å². The number of carbonyl (C=O) groups is 2. The van der Waals surface area contributed by atoms with Crippen molar-refractivity contribution >= 4 is 29.1 Å². The SMILES string of the molecule is O=C1C(=O)N(CCO)[C@@H](c2cccc(O)c2)/C1=C(\O)c1ccc(Cl)cc1. The van der Waals surface area contributed by atoms with Crippen LogP contribution in [0.25, 0.3) is 5.76 Å². The number of benzene rings is 2. The van der Waals surface area contributed by atoms with Gasteiger partial charge in [0.15, 0.2) is 0 Å². The number of nitrogens with zero attached hydrogens (tertiary/aromatic N) is 1. The number of Topliss-reactive ketones (excluding diaryl/α,β-unsaturated/α-hetero) is 1. The molecule has 0 bridgehead atoms. The minimum absolute atomic E-state index is 0.0384. The summed E-state index contributed by atoms with van der Waals surface area (Å²) in [6.07, 6.45) is 0. The molecule has 0 aliphatic carbocycles. The largest absolute Gasteiger partial charge is 0.508 e. The van der Waals surface area contributed by atoms with Gasteiger partial charge in [-0.3, -0.25) is 9.59 Å². The van der Waals surface area contributed by atoms with E-state index in [1.54, 1.807) is 24.3 Å². The van der Waals surface area contributed by atoms with E-state index in [0.717, 1.165) is 0 Å². The first-order valence-electron chi connectivity index (χ1n) is 7.88. The van der Waals surface area contributed by atoms with Crippen LogP contribution >= 0.6 is 11.6 Å². The zero-order valence-corrected chi connectivity index (χ0v) is 14.3. The van der Waals surface area contributed by atoms with E-state index in [1.807, 2.05) is 0 Å². The fourth-order valence-electron chi connectivity index (χ4n) is 3.02. The lowest BCUT2D eigenvalue weighted by molar-refractivity contribution is -0.140. The molecule has 0 unspecified atom stereocenters. The number of halogens is 1. The molecule has 2 aromatic carbocycles. The summed E-state index contributed by atoms with van der Waals surface area (Å²) in [4.78, 5) is 26.1. The molecule has 1 atom stereocenters. The Morgan fingerprint density at radius 2 is 1.81 bits per heavy atom. The molecular formula is C19H16ClNO5. The molecule has 134 valence electrons. The normalized spacial score (nSPS) is 19.2. The third-order valence-electron chi connectivity index (χ3n) is 4.18. The van der Waals surface area contributed by atoms with Crippen molar-refractivity contribution in [3.63, 3.8) is 0 Å². The molecule has 1 aliphatic rings. The van der Waals surface area contributed by atoms with E-state index < -0.39 is 17.7 Å². The second kappa shape index (κ2) is 7.19. The summed E-state index contributed by atoms with van der Waals surface area (Å²) in [5, 5.41) is 30.2. The number of aromatic hydroxyl groups is 1. The van der Waals surface area contributed by atoms with Crippen molar-refractivity contribution in [2.45, 2.75) is 6.04 Å². The molecular weight excluding hydrogens is 358 g/mol. The quantitative estimate of drug-likeness (QED) is 0.434. The molecule has 1 amide bonds. The number of phenolic OH excluding ortho intramolecular Hbond substituents is 1. The predicted molar refractivity (Wildman–Crippen MR) is 95.7 cm³/mol. The van der Waals surface area contributed by atoms with Crippen LogP contribution in [0.2, 0.25) is 5.02 Å². The summed E-state index contributed by atoms with van der Waals surface area (Å²) in [6.45, 7) is -0.425. The second-order valence-electron chi connectivity index (χ2n) is 5.82. The van der Waals surface area contributed by atoms with Crippen LogP contribution in [0.5, 0.6) is 5.75 Å². The maximum Gasteiger partial charge on any atom is 0.295 e. The van der Waals surface area contributed by atoms with Gasteiger partial charge in [0.25, 0.3) is 11.7 Å². The molecule has 3 rings (SSSR count). The Labute approximate surface area is 154 Å². The maximum absolute atomic E-state index is 12.6. The number of aliphatic hydroxyl groups is 2. The Hall–Kier alpha value is -2.83. The number of likely N-dealkylation sites (tertiary alicyclic amines) is 1. The summed E-state index contributed by atoms with van der Waals surface area (Å²) in [6, 6.07) is 11.4. The van der Waals surface area contributed by atoms with E-state index in [9.17, 15) is 24.9 Å². The number of aliphatic hydroxyl groups excluding tert-OH is 2. The van der Waals surface area contributed by atoms with Crippen molar-refractivity contribution in [2.75, 3.05) is 13.2 Å². The average molecular weight is 374 g/mol. The number of ketones is 1. The van der Waals surface area contributed by atoms with Gasteiger partial charge in [-0.15, -0.1) is 0 Å². The number of phenols is 1. The van der Waals surface area contributed by atoms with Gasteiger partial charge in [0.1, 0.15) is 11.5 Å². The molecule has 1 saturated heterocycles. The fraction of sp³-hybridized carbons (Fsp3) is 0.158. The lowest BCUT2D eigenvalue weighted by Gasteiger charge is -2.24. The van der Waals surface area contributed by atoms with Gasteiger partial charge in [0, 0.05) is 17.1 Å². The summed E-state index contributed by atoms with van der Waals surface area (Å²) in [7, 11) is 0. The molecule has 0 spiro atoms. The van der Waals surface area contributed by atoms with Gasteiger partial charge in [-0.25, -0.2) is 0 Å². The van der Waals surface area contributed by atoms with Gasteiger partial charge < -0.3 is 20.2 Å². The number of hydrogen-bond donors (Lipinski definition) is 3. The summed E-state index contributed by atoms with van der Waals surface area (Å²) in [5.74, 6) is -2.04. The lowest BCUT2D eigenvalue weighted by atomic mass is 9.95. The molecule has 1 aliphatic heterocycles. The highest BCUT2D eigenvalue weighted by molar-refractivity contribution is 6.46. The zero-order chi connectivity index (χ0) is 18.8. The minimum atomic E-state index is -0.912. The van der Waals surface area contributed by atoms with Crippen molar-refractivity contribution in [1.29, 1.82) is 0 Å². The number of carbonyl (C=O) groups excluding carboxylic acids is 2. The van der Waals surface area contributed by atoms with Crippen LogP contribution < -0.4 is 0 Å². The van der Waals surface area contributed by atoms with E-state index in [1.165, 1.54) is 29.2 Å². The predicted octanol–water partition coefficient (Wildman–Crippen LogP) is 2.46. The van der Waals surface area contributed by atoms with E-state index in [-0.39, 0.29) is 30.2 Å². The van der Waals surface area contributed by atoms with Crippen molar-refractivity contribution < 1.29 is 24.9 Å². The molecule has 3 N–H and O–H groups in total. The van der Waals surface area contributed by atoms with Crippen LogP contribution in [0.3, 0.4) is 0 Å². The minimum Gasteiger partial charge on any atom is -0.508 e. The Kier molecular flexibility index (Phi) is 4.97. The molecule has 1 fully saturated rings. The highest BCUT2D eigenvalue weighted by Gasteiger charge is 2.45. The van der Waals surface area contributed by atoms with E-state index in [2.05, 4.69) is 0 Å². The van der Waals surface area contributed by atoms with Crippen LogP contribution in [0.4, 0.5) is 0 Å². The van der Waals surface area contributed by atoms with Gasteiger partial charge >= 0.3 is 0 Å². The first-order chi connectivity index (χ1) is 12.4. The van der Waals surface area contributed by atoms with Gasteiger partial charge in [0.2, 0.25) is 0 Å². The third-order valence-corrected chi connectivity index (χ3v) is 4.44. The molecule has 7 heteroatoms. The Bertz CT molecular complexity index is 891. The Morgan fingerprint density at radius 1 is 1.12 bits per heavy atom. The van der Waals surface area contributed by atoms with Gasteiger partial charge in [-0.05, 0) is 42.0 Å². The Morgan fingerprint density at radius 3 is 2.42 bits per heavy atom. The first-order valence-corrected chi connectivity index (χ1v) is 8.26. The summed E-state index contributed by atoms with van der Waals surface area (Å²) < 4.78 is 0. The van der Waals surface area contributed by atoms with Crippen LogP contribution in [0.15, 0.2) is 54.1 Å². The molecule has 0 saturated carbocycles. The van der Waals surface area contributed by atoms with Crippen molar-refractivity contribution in [2.24, 2.45) is 0 Å². The number of hydrogen-bond acceptors (Lipinski definition) is 5. The van der Waals surface area contributed by atoms with Crippen molar-refractivity contribution in [3.8, 4) is 5.75 Å². The average Bonchev–Trinajstić information content (AvgIpc) is 2.87.